The number of nitrogens with two attached hydrogens (primary N) is 1. The van der Waals surface area contributed by atoms with Crippen LogP contribution in [0.3, 0.4) is 0 Å². The molecule has 0 amide bonds. The van der Waals surface area contributed by atoms with Crippen LogP contribution >= 0.6 is 22.7 Å². The lowest BCUT2D eigenvalue weighted by Crippen LogP contribution is -2.12. The molecule has 1 nitrogen and oxygen atoms in total. The minimum Gasteiger partial charge on any atom is -0.320 e. The van der Waals surface area contributed by atoms with Crippen LogP contribution in [0.25, 0.3) is 9.40 Å². The summed E-state index contributed by atoms with van der Waals surface area (Å²) in [5.41, 5.74) is 6.22. The minimum absolute atomic E-state index is 0.198. The van der Waals surface area contributed by atoms with E-state index in [0.29, 0.717) is 0 Å². The summed E-state index contributed by atoms with van der Waals surface area (Å²) in [6.07, 6.45) is 0. The maximum Gasteiger partial charge on any atom is 0.163 e. The average molecular weight is 281 g/mol. The summed E-state index contributed by atoms with van der Waals surface area (Å²) in [6, 6.07) is 7.42. The fourth-order valence-corrected chi connectivity index (χ4v) is 3.99. The van der Waals surface area contributed by atoms with Gasteiger partial charge in [0.25, 0.3) is 0 Å². The van der Waals surface area contributed by atoms with E-state index in [4.69, 9.17) is 5.73 Å². The SMILES string of the molecule is NC(c1cc2sccc2s1)c1cccc(F)c1F. The Bertz CT molecular complexity index is 673. The zero-order chi connectivity index (χ0) is 12.7. The molecule has 0 aliphatic rings. The van der Waals surface area contributed by atoms with E-state index < -0.39 is 17.7 Å². The highest BCUT2D eigenvalue weighted by atomic mass is 32.1. The number of rotatable bonds is 2. The molecule has 2 heterocycles. The Labute approximate surface area is 110 Å². The first-order valence-electron chi connectivity index (χ1n) is 5.33. The Hall–Kier alpha value is -1.30. The first-order chi connectivity index (χ1) is 8.66. The summed E-state index contributed by atoms with van der Waals surface area (Å²) in [4.78, 5) is 0.848. The van der Waals surface area contributed by atoms with E-state index >= 15 is 0 Å². The van der Waals surface area contributed by atoms with Crippen LogP contribution in [0.2, 0.25) is 0 Å². The standard InChI is InChI=1S/C13H9F2NS2/c14-8-3-1-2-7(12(8)15)13(16)11-6-10-9(18-11)4-5-17-10/h1-6,13H,16H2. The van der Waals surface area contributed by atoms with Gasteiger partial charge < -0.3 is 5.73 Å². The molecule has 0 fully saturated rings. The molecule has 0 saturated carbocycles. The van der Waals surface area contributed by atoms with Gasteiger partial charge in [-0.3, -0.25) is 0 Å². The first-order valence-corrected chi connectivity index (χ1v) is 7.03. The number of thiophene rings is 2. The molecule has 3 aromatic rings. The largest absolute Gasteiger partial charge is 0.320 e. The highest BCUT2D eigenvalue weighted by Gasteiger charge is 2.18. The van der Waals surface area contributed by atoms with Gasteiger partial charge in [0.2, 0.25) is 0 Å². The zero-order valence-electron chi connectivity index (χ0n) is 9.19. The zero-order valence-corrected chi connectivity index (χ0v) is 10.8. The molecule has 0 bridgehead atoms. The predicted octanol–water partition coefficient (Wildman–Crippen LogP) is 4.29. The van der Waals surface area contributed by atoms with E-state index in [1.807, 2.05) is 17.5 Å². The van der Waals surface area contributed by atoms with Crippen molar-refractivity contribution in [3.8, 4) is 0 Å². The molecule has 0 spiro atoms. The van der Waals surface area contributed by atoms with Crippen LogP contribution < -0.4 is 5.73 Å². The molecule has 0 saturated heterocycles. The fourth-order valence-electron chi connectivity index (χ4n) is 1.85. The van der Waals surface area contributed by atoms with E-state index in [1.54, 1.807) is 11.3 Å². The van der Waals surface area contributed by atoms with Crippen molar-refractivity contribution in [2.24, 2.45) is 5.73 Å². The second-order valence-corrected chi connectivity index (χ2v) is 5.98. The number of halogens is 2. The first kappa shape index (κ1) is 11.8. The van der Waals surface area contributed by atoms with E-state index in [0.717, 1.165) is 20.3 Å². The van der Waals surface area contributed by atoms with Crippen molar-refractivity contribution >= 4 is 32.1 Å². The predicted molar refractivity (Wildman–Crippen MR) is 72.1 cm³/mol. The summed E-state index contributed by atoms with van der Waals surface area (Å²) in [6.45, 7) is 0. The molecule has 5 heteroatoms. The van der Waals surface area contributed by atoms with Crippen molar-refractivity contribution < 1.29 is 8.78 Å². The van der Waals surface area contributed by atoms with Crippen LogP contribution in [0.5, 0.6) is 0 Å². The Balaban J connectivity index is 2.06. The summed E-state index contributed by atoms with van der Waals surface area (Å²) >= 11 is 3.13. The highest BCUT2D eigenvalue weighted by Crippen LogP contribution is 2.35. The summed E-state index contributed by atoms with van der Waals surface area (Å²) in [7, 11) is 0. The van der Waals surface area contributed by atoms with Crippen molar-refractivity contribution in [1.82, 2.24) is 0 Å². The summed E-state index contributed by atoms with van der Waals surface area (Å²) in [5.74, 6) is -1.72. The van der Waals surface area contributed by atoms with Crippen LogP contribution in [0.1, 0.15) is 16.5 Å². The maximum atomic E-state index is 13.7. The van der Waals surface area contributed by atoms with Gasteiger partial charge in [-0.2, -0.15) is 0 Å². The van der Waals surface area contributed by atoms with Gasteiger partial charge in [0.1, 0.15) is 0 Å². The molecule has 1 unspecified atom stereocenters. The molecule has 92 valence electrons. The number of benzene rings is 1. The molecule has 2 N–H and O–H groups in total. The fraction of sp³-hybridized carbons (Fsp3) is 0.0769. The van der Waals surface area contributed by atoms with Crippen LogP contribution in [0.15, 0.2) is 35.7 Å². The molecular weight excluding hydrogens is 272 g/mol. The normalized spacial score (nSPS) is 13.1. The number of hydrogen-bond acceptors (Lipinski definition) is 3. The van der Waals surface area contributed by atoms with Gasteiger partial charge in [-0.25, -0.2) is 8.78 Å². The van der Waals surface area contributed by atoms with Crippen LogP contribution in [0, 0.1) is 11.6 Å². The Morgan fingerprint density at radius 3 is 2.72 bits per heavy atom. The van der Waals surface area contributed by atoms with Gasteiger partial charge in [-0.1, -0.05) is 12.1 Å². The van der Waals surface area contributed by atoms with Gasteiger partial charge in [0, 0.05) is 19.8 Å². The number of fused-ring (bicyclic) bond motifs is 1. The van der Waals surface area contributed by atoms with Crippen LogP contribution in [-0.2, 0) is 0 Å². The lowest BCUT2D eigenvalue weighted by atomic mass is 10.1. The molecule has 18 heavy (non-hydrogen) atoms. The van der Waals surface area contributed by atoms with Gasteiger partial charge in [0.05, 0.1) is 6.04 Å². The Morgan fingerprint density at radius 1 is 1.11 bits per heavy atom. The lowest BCUT2D eigenvalue weighted by Gasteiger charge is -2.11. The quantitative estimate of drug-likeness (QED) is 0.745. The molecule has 3 rings (SSSR count). The summed E-state index contributed by atoms with van der Waals surface area (Å²) < 4.78 is 29.1. The second kappa shape index (κ2) is 4.42. The third kappa shape index (κ3) is 1.84. The molecular formula is C13H9F2NS2. The number of hydrogen-bond donors (Lipinski definition) is 1. The monoisotopic (exact) mass is 281 g/mol. The molecule has 1 atom stereocenters. The van der Waals surface area contributed by atoms with Gasteiger partial charge in [0.15, 0.2) is 11.6 Å². The topological polar surface area (TPSA) is 26.0 Å². The van der Waals surface area contributed by atoms with Gasteiger partial charge in [-0.15, -0.1) is 22.7 Å². The van der Waals surface area contributed by atoms with Crippen LogP contribution in [-0.4, -0.2) is 0 Å². The molecule has 0 aliphatic heterocycles. The second-order valence-electron chi connectivity index (χ2n) is 3.92. The molecule has 0 radical (unpaired) electrons. The highest BCUT2D eigenvalue weighted by molar-refractivity contribution is 7.27. The van der Waals surface area contributed by atoms with Crippen molar-refractivity contribution in [2.75, 3.05) is 0 Å². The van der Waals surface area contributed by atoms with E-state index in [-0.39, 0.29) is 5.56 Å². The third-order valence-electron chi connectivity index (χ3n) is 2.78. The third-order valence-corrected chi connectivity index (χ3v) is 4.96. The van der Waals surface area contributed by atoms with E-state index in [1.165, 1.54) is 23.5 Å². The Morgan fingerprint density at radius 2 is 1.94 bits per heavy atom. The smallest absolute Gasteiger partial charge is 0.163 e. The van der Waals surface area contributed by atoms with Crippen molar-refractivity contribution in [3.63, 3.8) is 0 Å². The average Bonchev–Trinajstić information content (AvgIpc) is 2.92. The Kier molecular flexibility index (Phi) is 2.89. The minimum atomic E-state index is -0.860. The van der Waals surface area contributed by atoms with Gasteiger partial charge in [-0.05, 0) is 23.6 Å². The van der Waals surface area contributed by atoms with Crippen LogP contribution in [0.4, 0.5) is 8.78 Å². The molecule has 2 aromatic heterocycles. The van der Waals surface area contributed by atoms with E-state index in [2.05, 4.69) is 0 Å². The molecule has 0 aliphatic carbocycles. The van der Waals surface area contributed by atoms with Crippen molar-refractivity contribution in [3.05, 3.63) is 57.8 Å². The maximum absolute atomic E-state index is 13.7. The lowest BCUT2D eigenvalue weighted by molar-refractivity contribution is 0.495. The van der Waals surface area contributed by atoms with E-state index in [9.17, 15) is 8.78 Å². The van der Waals surface area contributed by atoms with Crippen molar-refractivity contribution in [2.45, 2.75) is 6.04 Å². The molecule has 1 aromatic carbocycles. The van der Waals surface area contributed by atoms with Crippen molar-refractivity contribution in [1.29, 1.82) is 0 Å². The van der Waals surface area contributed by atoms with Gasteiger partial charge >= 0.3 is 0 Å². The summed E-state index contributed by atoms with van der Waals surface area (Å²) in [5, 5.41) is 2.00.